The second kappa shape index (κ2) is 7.02. The van der Waals surface area contributed by atoms with Crippen molar-refractivity contribution in [3.63, 3.8) is 0 Å². The first kappa shape index (κ1) is 22.7. The quantitative estimate of drug-likeness (QED) is 0.131. The summed E-state index contributed by atoms with van der Waals surface area (Å²) in [7, 11) is -6.83. The van der Waals surface area contributed by atoms with Crippen LogP contribution in [0.1, 0.15) is 0 Å². The van der Waals surface area contributed by atoms with Gasteiger partial charge in [-0.2, -0.15) is 43.5 Å². The molecule has 0 heterocycles. The third kappa shape index (κ3) is 4.51. The zero-order valence-electron chi connectivity index (χ0n) is 11.7. The van der Waals surface area contributed by atoms with Crippen molar-refractivity contribution < 1.29 is 53.1 Å². The van der Waals surface area contributed by atoms with Gasteiger partial charge in [0.2, 0.25) is 5.69 Å². The van der Waals surface area contributed by atoms with E-state index in [1.807, 2.05) is 4.52 Å². The lowest BCUT2D eigenvalue weighted by atomic mass is 10.3. The predicted molar refractivity (Wildman–Crippen MR) is 76.0 cm³/mol. The molecule has 0 radical (unpaired) electrons. The number of rotatable bonds is 7. The van der Waals surface area contributed by atoms with Crippen molar-refractivity contribution in [3.8, 4) is 0 Å². The maximum atomic E-state index is 13.5. The normalized spacial score (nSPS) is 15.2. The molecule has 0 spiro atoms. The second-order valence-electron chi connectivity index (χ2n) is 4.32. The van der Waals surface area contributed by atoms with Crippen LogP contribution in [0.4, 0.5) is 40.8 Å². The van der Waals surface area contributed by atoms with E-state index in [0.717, 1.165) is 24.3 Å². The standard InChI is InChI=1S/C10H5F8IN2O4S/c11-7(12,19)8(13,14)25-9(15,16)10(17,18)26(23,24)20-21(22)6-4-2-1-3-5-6/h1-5H/b21-20-. The highest BCUT2D eigenvalue weighted by Crippen LogP contribution is 2.49. The van der Waals surface area contributed by atoms with Gasteiger partial charge >= 0.3 is 31.4 Å². The van der Waals surface area contributed by atoms with E-state index in [4.69, 9.17) is 0 Å². The molecular weight excluding hydrogens is 523 g/mol. The fourth-order valence-electron chi connectivity index (χ4n) is 1.18. The maximum Gasteiger partial charge on any atom is 0.461 e. The van der Waals surface area contributed by atoms with Crippen LogP contribution in [-0.4, -0.2) is 34.7 Å². The Morgan fingerprint density at radius 3 is 1.85 bits per heavy atom. The van der Waals surface area contributed by atoms with Gasteiger partial charge in [-0.1, -0.05) is 18.2 Å². The molecule has 0 atom stereocenters. The molecule has 6 nitrogen and oxygen atoms in total. The highest BCUT2D eigenvalue weighted by molar-refractivity contribution is 14.1. The summed E-state index contributed by atoms with van der Waals surface area (Å²) in [5, 5.41) is 4.78. The summed E-state index contributed by atoms with van der Waals surface area (Å²) in [6.07, 6.45) is -12.8. The molecule has 0 saturated carbocycles. The van der Waals surface area contributed by atoms with Crippen LogP contribution in [-0.2, 0) is 14.8 Å². The average molecular weight is 528 g/mol. The summed E-state index contributed by atoms with van der Waals surface area (Å²) in [5.74, 6) is 0. The van der Waals surface area contributed by atoms with Crippen LogP contribution in [0.15, 0.2) is 34.9 Å². The molecule has 1 rings (SSSR count). The number of alkyl halides is 9. The Balaban J connectivity index is 3.29. The summed E-state index contributed by atoms with van der Waals surface area (Å²) in [6.45, 7) is 0. The van der Waals surface area contributed by atoms with Gasteiger partial charge in [-0.05, 0) is 4.86 Å². The predicted octanol–water partition coefficient (Wildman–Crippen LogP) is 4.43. The molecule has 16 heteroatoms. The Labute approximate surface area is 153 Å². The molecule has 0 saturated heterocycles. The summed E-state index contributed by atoms with van der Waals surface area (Å²) >= 11 is -0.382. The van der Waals surface area contributed by atoms with Crippen molar-refractivity contribution in [2.24, 2.45) is 4.52 Å². The molecule has 148 valence electrons. The Kier molecular flexibility index (Phi) is 6.14. The van der Waals surface area contributed by atoms with Gasteiger partial charge in [0, 0.05) is 34.7 Å². The molecular formula is C10H5F8IN2O4S. The van der Waals surface area contributed by atoms with Crippen LogP contribution < -0.4 is 0 Å². The molecule has 0 aromatic heterocycles. The zero-order chi connectivity index (χ0) is 20.6. The van der Waals surface area contributed by atoms with E-state index in [2.05, 4.69) is 4.74 Å². The van der Waals surface area contributed by atoms with Crippen LogP contribution in [0.25, 0.3) is 0 Å². The highest BCUT2D eigenvalue weighted by Gasteiger charge is 2.74. The molecule has 0 aliphatic carbocycles. The number of para-hydroxylation sites is 1. The lowest BCUT2D eigenvalue weighted by molar-refractivity contribution is -0.443. The van der Waals surface area contributed by atoms with E-state index in [1.54, 1.807) is 0 Å². The third-order valence-corrected chi connectivity index (χ3v) is 4.28. The van der Waals surface area contributed by atoms with E-state index < -0.39 is 42.0 Å². The fourth-order valence-corrected chi connectivity index (χ4v) is 2.02. The third-order valence-electron chi connectivity index (χ3n) is 2.41. The number of ether oxygens (including phenoxy) is 1. The van der Waals surface area contributed by atoms with Crippen LogP contribution in [0.2, 0.25) is 0 Å². The summed E-state index contributed by atoms with van der Waals surface area (Å²) in [4.78, 5) is -1.01. The fraction of sp³-hybridized carbons (Fsp3) is 0.400. The minimum atomic E-state index is -6.83. The van der Waals surface area contributed by atoms with Gasteiger partial charge in [0.1, 0.15) is 4.52 Å². The average Bonchev–Trinajstić information content (AvgIpc) is 2.45. The van der Waals surface area contributed by atoms with Crippen LogP contribution in [0.3, 0.4) is 0 Å². The molecule has 0 unspecified atom stereocenters. The van der Waals surface area contributed by atoms with Gasteiger partial charge in [0.05, 0.1) is 0 Å². The number of halogens is 9. The van der Waals surface area contributed by atoms with E-state index in [9.17, 15) is 48.7 Å². The first-order valence-corrected chi connectivity index (χ1v) is 8.36. The summed E-state index contributed by atoms with van der Waals surface area (Å²) in [5.41, 5.74) is -0.694. The van der Waals surface area contributed by atoms with Crippen molar-refractivity contribution in [1.29, 1.82) is 0 Å². The van der Waals surface area contributed by atoms with Crippen molar-refractivity contribution in [2.75, 3.05) is 0 Å². The van der Waals surface area contributed by atoms with E-state index in [-0.39, 0.29) is 22.6 Å². The molecule has 0 fully saturated rings. The number of hydrogen-bond donors (Lipinski definition) is 0. The Morgan fingerprint density at radius 2 is 1.42 bits per heavy atom. The molecule has 26 heavy (non-hydrogen) atoms. The molecule has 0 N–H and O–H groups in total. The molecule has 1 aromatic rings. The van der Waals surface area contributed by atoms with Gasteiger partial charge in [0.25, 0.3) is 0 Å². The molecule has 0 amide bonds. The summed E-state index contributed by atoms with van der Waals surface area (Å²) < 4.78 is 125. The lowest BCUT2D eigenvalue weighted by Gasteiger charge is -2.29. The van der Waals surface area contributed by atoms with E-state index in [1.165, 1.54) is 6.07 Å². The Hall–Kier alpha value is -1.30. The van der Waals surface area contributed by atoms with Crippen LogP contribution in [0, 0.1) is 5.21 Å². The highest BCUT2D eigenvalue weighted by atomic mass is 127. The van der Waals surface area contributed by atoms with E-state index in [0.29, 0.717) is 0 Å². The smallest absolute Gasteiger partial charge is 0.461 e. The number of hydrogen-bond acceptors (Lipinski definition) is 4. The van der Waals surface area contributed by atoms with Gasteiger partial charge < -0.3 is 5.21 Å². The van der Waals surface area contributed by atoms with Crippen LogP contribution in [0.5, 0.6) is 0 Å². The monoisotopic (exact) mass is 528 g/mol. The molecule has 0 aliphatic heterocycles. The Bertz CT molecular complexity index is 782. The van der Waals surface area contributed by atoms with E-state index >= 15 is 0 Å². The van der Waals surface area contributed by atoms with Crippen molar-refractivity contribution in [3.05, 3.63) is 35.5 Å². The lowest BCUT2D eigenvalue weighted by Crippen LogP contribution is -2.54. The van der Waals surface area contributed by atoms with Crippen LogP contribution >= 0.6 is 22.6 Å². The largest absolute Gasteiger partial charge is 0.593 e. The van der Waals surface area contributed by atoms with Gasteiger partial charge in [-0.15, -0.1) is 0 Å². The number of benzene rings is 1. The number of sulfonamides is 1. The van der Waals surface area contributed by atoms with Gasteiger partial charge in [-0.25, -0.2) is 4.74 Å². The first-order valence-electron chi connectivity index (χ1n) is 5.85. The van der Waals surface area contributed by atoms with Crippen molar-refractivity contribution >= 4 is 38.3 Å². The summed E-state index contributed by atoms with van der Waals surface area (Å²) in [6, 6.07) is 5.27. The first-order chi connectivity index (χ1) is 11.4. The second-order valence-corrected chi connectivity index (χ2v) is 7.30. The zero-order valence-corrected chi connectivity index (χ0v) is 14.7. The van der Waals surface area contributed by atoms with Gasteiger partial charge in [0.15, 0.2) is 0 Å². The minimum absolute atomic E-state index is 0.382. The van der Waals surface area contributed by atoms with Gasteiger partial charge in [-0.3, -0.25) is 0 Å². The molecule has 1 aromatic carbocycles. The van der Waals surface area contributed by atoms with Crippen molar-refractivity contribution in [1.82, 2.24) is 0 Å². The minimum Gasteiger partial charge on any atom is -0.593 e. The topological polar surface area (TPSA) is 81.8 Å². The van der Waals surface area contributed by atoms with Crippen molar-refractivity contribution in [2.45, 2.75) is 21.4 Å². The maximum absolute atomic E-state index is 13.5. The SMILES string of the molecule is O=S(=O)(/N=[N+](\[O-])c1ccccc1)C(F)(F)C(F)(F)OC(F)(F)C(F)(F)I. The number of nitrogens with zero attached hydrogens (tertiary/aromatic N) is 2. The molecule has 0 aliphatic rings. The molecule has 0 bridgehead atoms. The Morgan fingerprint density at radius 1 is 0.962 bits per heavy atom.